The van der Waals surface area contributed by atoms with E-state index in [1.165, 1.54) is 10.4 Å². The van der Waals surface area contributed by atoms with Gasteiger partial charge in [0.1, 0.15) is 11.5 Å². The summed E-state index contributed by atoms with van der Waals surface area (Å²) in [5.74, 6) is 0.797. The number of carbonyl (C=O) groups is 1. The molecule has 2 aromatic rings. The van der Waals surface area contributed by atoms with Crippen molar-refractivity contribution in [2.75, 3.05) is 24.2 Å². The number of fused-ring (bicyclic) bond motifs is 1. The summed E-state index contributed by atoms with van der Waals surface area (Å²) in [5.41, 5.74) is 2.28. The van der Waals surface area contributed by atoms with Gasteiger partial charge in [-0.1, -0.05) is 30.7 Å². The molecule has 0 aliphatic carbocycles. The molecule has 0 radical (unpaired) electrons. The standard InChI is InChI=1S/C22H27ClN2O5S/c1-5-17(15-6-8-19(29-3)14(2)12-15)24-22(26)21-10-11-25(31(4,27)28)18-13-16(23)7-9-20(18)30-21/h6-9,12-13,17,21H,5,10-11H2,1-4H3,(H,24,26)/t17-,21+/m0/s1. The lowest BCUT2D eigenvalue weighted by atomic mass is 10.0. The summed E-state index contributed by atoms with van der Waals surface area (Å²) in [6.45, 7) is 4.05. The molecule has 2 atom stereocenters. The average Bonchev–Trinajstić information content (AvgIpc) is 2.91. The third-order valence-electron chi connectivity index (χ3n) is 5.29. The molecule has 0 saturated carbocycles. The van der Waals surface area contributed by atoms with Gasteiger partial charge in [0, 0.05) is 18.0 Å². The fourth-order valence-corrected chi connectivity index (χ4v) is 4.79. The monoisotopic (exact) mass is 466 g/mol. The van der Waals surface area contributed by atoms with Crippen LogP contribution in [0.2, 0.25) is 5.02 Å². The van der Waals surface area contributed by atoms with E-state index in [1.54, 1.807) is 19.2 Å². The second-order valence-electron chi connectivity index (χ2n) is 7.54. The number of ether oxygens (including phenoxy) is 2. The lowest BCUT2D eigenvalue weighted by Crippen LogP contribution is -2.41. The molecule has 168 valence electrons. The van der Waals surface area contributed by atoms with E-state index in [-0.39, 0.29) is 24.9 Å². The number of methoxy groups -OCH3 is 1. The van der Waals surface area contributed by atoms with Gasteiger partial charge in [0.25, 0.3) is 5.91 Å². The Balaban J connectivity index is 1.83. The molecule has 1 heterocycles. The number of sulfonamides is 1. The van der Waals surface area contributed by atoms with Crippen LogP contribution in [0.3, 0.4) is 0 Å². The van der Waals surface area contributed by atoms with Crippen LogP contribution in [0.5, 0.6) is 11.5 Å². The Morgan fingerprint density at radius 3 is 2.68 bits per heavy atom. The summed E-state index contributed by atoms with van der Waals surface area (Å²) in [7, 11) is -1.94. The number of carbonyl (C=O) groups excluding carboxylic acids is 1. The van der Waals surface area contributed by atoms with E-state index in [0.717, 1.165) is 23.1 Å². The molecule has 1 aliphatic rings. The van der Waals surface area contributed by atoms with Gasteiger partial charge < -0.3 is 14.8 Å². The van der Waals surface area contributed by atoms with E-state index in [0.29, 0.717) is 22.9 Å². The average molecular weight is 467 g/mol. The predicted octanol–water partition coefficient (Wildman–Crippen LogP) is 3.84. The van der Waals surface area contributed by atoms with Gasteiger partial charge in [-0.25, -0.2) is 8.42 Å². The Morgan fingerprint density at radius 2 is 2.06 bits per heavy atom. The first kappa shape index (κ1) is 23.2. The zero-order valence-corrected chi connectivity index (χ0v) is 19.6. The number of aryl methyl sites for hydroxylation is 1. The lowest BCUT2D eigenvalue weighted by molar-refractivity contribution is -0.128. The molecule has 2 aromatic carbocycles. The predicted molar refractivity (Wildman–Crippen MR) is 122 cm³/mol. The first-order valence-corrected chi connectivity index (χ1v) is 12.3. The molecular formula is C22H27ClN2O5S. The minimum atomic E-state index is -3.56. The quantitative estimate of drug-likeness (QED) is 0.699. The first-order valence-electron chi connectivity index (χ1n) is 10.0. The summed E-state index contributed by atoms with van der Waals surface area (Å²) in [6.07, 6.45) is 1.19. The molecule has 9 heteroatoms. The molecule has 0 aromatic heterocycles. The van der Waals surface area contributed by atoms with Crippen LogP contribution < -0.4 is 19.1 Å². The van der Waals surface area contributed by atoms with Crippen molar-refractivity contribution in [3.63, 3.8) is 0 Å². The number of hydrogen-bond donors (Lipinski definition) is 1. The van der Waals surface area contributed by atoms with E-state index < -0.39 is 16.1 Å². The van der Waals surface area contributed by atoms with Crippen molar-refractivity contribution in [1.82, 2.24) is 5.32 Å². The van der Waals surface area contributed by atoms with Crippen LogP contribution in [-0.2, 0) is 14.8 Å². The van der Waals surface area contributed by atoms with Crippen LogP contribution in [0, 0.1) is 6.92 Å². The Hall–Kier alpha value is -2.45. The summed E-state index contributed by atoms with van der Waals surface area (Å²) in [5, 5.41) is 3.43. The summed E-state index contributed by atoms with van der Waals surface area (Å²) in [4.78, 5) is 13.1. The van der Waals surface area contributed by atoms with Gasteiger partial charge in [0.2, 0.25) is 10.0 Å². The number of amides is 1. The molecule has 0 unspecified atom stereocenters. The molecule has 0 saturated heterocycles. The van der Waals surface area contributed by atoms with Crippen molar-refractivity contribution in [2.45, 2.75) is 38.8 Å². The zero-order chi connectivity index (χ0) is 22.8. The van der Waals surface area contributed by atoms with Gasteiger partial charge in [0.15, 0.2) is 6.10 Å². The number of benzene rings is 2. The molecular weight excluding hydrogens is 440 g/mol. The highest BCUT2D eigenvalue weighted by atomic mass is 35.5. The molecule has 0 fully saturated rings. The van der Waals surface area contributed by atoms with Crippen LogP contribution in [-0.4, -0.2) is 40.3 Å². The highest BCUT2D eigenvalue weighted by molar-refractivity contribution is 7.92. The number of nitrogens with zero attached hydrogens (tertiary/aromatic N) is 1. The molecule has 31 heavy (non-hydrogen) atoms. The Bertz CT molecular complexity index is 1070. The normalized spacial score (nSPS) is 17.2. The van der Waals surface area contributed by atoms with Crippen LogP contribution in [0.15, 0.2) is 36.4 Å². The van der Waals surface area contributed by atoms with E-state index in [4.69, 9.17) is 21.1 Å². The van der Waals surface area contributed by atoms with Gasteiger partial charge in [-0.2, -0.15) is 0 Å². The third kappa shape index (κ3) is 5.25. The number of halogens is 1. The molecule has 0 spiro atoms. The Morgan fingerprint density at radius 1 is 1.32 bits per heavy atom. The fourth-order valence-electron chi connectivity index (χ4n) is 3.69. The smallest absolute Gasteiger partial charge is 0.261 e. The molecule has 1 amide bonds. The van der Waals surface area contributed by atoms with Crippen LogP contribution in [0.25, 0.3) is 0 Å². The maximum atomic E-state index is 13.1. The minimum absolute atomic E-state index is 0.114. The third-order valence-corrected chi connectivity index (χ3v) is 6.71. The minimum Gasteiger partial charge on any atom is -0.496 e. The first-order chi connectivity index (χ1) is 14.6. The van der Waals surface area contributed by atoms with Crippen molar-refractivity contribution in [3.8, 4) is 11.5 Å². The highest BCUT2D eigenvalue weighted by Gasteiger charge is 2.32. The van der Waals surface area contributed by atoms with E-state index in [1.807, 2.05) is 32.0 Å². The largest absolute Gasteiger partial charge is 0.496 e. The lowest BCUT2D eigenvalue weighted by Gasteiger charge is -2.22. The summed E-state index contributed by atoms with van der Waals surface area (Å²) in [6, 6.07) is 10.3. The van der Waals surface area contributed by atoms with Crippen molar-refractivity contribution >= 4 is 33.2 Å². The zero-order valence-electron chi connectivity index (χ0n) is 18.0. The topological polar surface area (TPSA) is 84.9 Å². The van der Waals surface area contributed by atoms with Crippen LogP contribution in [0.4, 0.5) is 5.69 Å². The molecule has 3 rings (SSSR count). The van der Waals surface area contributed by atoms with E-state index in [9.17, 15) is 13.2 Å². The van der Waals surface area contributed by atoms with Gasteiger partial charge in [-0.05, 0) is 48.7 Å². The Kier molecular flexibility index (Phi) is 7.01. The fraction of sp³-hybridized carbons (Fsp3) is 0.409. The van der Waals surface area contributed by atoms with Crippen LogP contribution >= 0.6 is 11.6 Å². The number of anilines is 1. The van der Waals surface area contributed by atoms with Crippen molar-refractivity contribution < 1.29 is 22.7 Å². The van der Waals surface area contributed by atoms with Crippen molar-refractivity contribution in [3.05, 3.63) is 52.5 Å². The van der Waals surface area contributed by atoms with Gasteiger partial charge in [0.05, 0.1) is 25.1 Å². The molecule has 1 aliphatic heterocycles. The van der Waals surface area contributed by atoms with Gasteiger partial charge >= 0.3 is 0 Å². The Labute approximate surface area is 188 Å². The number of hydrogen-bond acceptors (Lipinski definition) is 5. The second kappa shape index (κ2) is 9.36. The van der Waals surface area contributed by atoms with Crippen molar-refractivity contribution in [1.29, 1.82) is 0 Å². The number of rotatable bonds is 6. The number of nitrogens with one attached hydrogen (secondary N) is 1. The van der Waals surface area contributed by atoms with Gasteiger partial charge in [-0.15, -0.1) is 0 Å². The molecule has 1 N–H and O–H groups in total. The van der Waals surface area contributed by atoms with Gasteiger partial charge in [-0.3, -0.25) is 9.10 Å². The molecule has 7 nitrogen and oxygen atoms in total. The maximum Gasteiger partial charge on any atom is 0.261 e. The summed E-state index contributed by atoms with van der Waals surface area (Å²) >= 11 is 6.07. The SMILES string of the molecule is CC[C@H](NC(=O)[C@H]1CCN(S(C)(=O)=O)c2cc(Cl)ccc2O1)c1ccc(OC)c(C)c1. The van der Waals surface area contributed by atoms with Crippen LogP contribution in [0.1, 0.15) is 36.9 Å². The van der Waals surface area contributed by atoms with E-state index in [2.05, 4.69) is 5.32 Å². The van der Waals surface area contributed by atoms with E-state index >= 15 is 0 Å². The van der Waals surface area contributed by atoms with Crippen molar-refractivity contribution in [2.24, 2.45) is 0 Å². The second-order valence-corrected chi connectivity index (χ2v) is 9.88. The maximum absolute atomic E-state index is 13.1. The highest BCUT2D eigenvalue weighted by Crippen LogP contribution is 2.36. The summed E-state index contributed by atoms with van der Waals surface area (Å²) < 4.78 is 37.1. The molecule has 0 bridgehead atoms.